The molecule has 12 heteroatoms. The van der Waals surface area contributed by atoms with Crippen molar-refractivity contribution in [1.29, 1.82) is 0 Å². The first kappa shape index (κ1) is 35.5. The number of nitrogens with zero attached hydrogens (tertiary/aromatic N) is 5. The van der Waals surface area contributed by atoms with Gasteiger partial charge in [-0.3, -0.25) is 14.5 Å². The molecule has 1 aliphatic carbocycles. The summed E-state index contributed by atoms with van der Waals surface area (Å²) in [5.41, 5.74) is 8.85. The van der Waals surface area contributed by atoms with Crippen LogP contribution in [0.1, 0.15) is 57.4 Å². The summed E-state index contributed by atoms with van der Waals surface area (Å²) in [5.74, 6) is -0.152. The van der Waals surface area contributed by atoms with Crippen LogP contribution in [0, 0.1) is 20.8 Å². The highest BCUT2D eigenvalue weighted by Crippen LogP contribution is 2.36. The highest BCUT2D eigenvalue weighted by atomic mass is 32.2. The maximum Gasteiger partial charge on any atom is 0.269 e. The minimum absolute atomic E-state index is 0.0228. The van der Waals surface area contributed by atoms with Gasteiger partial charge in [-0.25, -0.2) is 22.4 Å². The zero-order chi connectivity index (χ0) is 36.9. The molecule has 3 heterocycles. The Morgan fingerprint density at radius 2 is 1.71 bits per heavy atom. The molecule has 2 N–H and O–H groups in total. The molecular formula is C40H44N6O5S. The summed E-state index contributed by atoms with van der Waals surface area (Å²) in [6, 6.07) is 16.4. The minimum Gasteiger partial charge on any atom is -0.394 e. The van der Waals surface area contributed by atoms with Crippen molar-refractivity contribution >= 4 is 33.0 Å². The number of aryl methyl sites for hydroxylation is 3. The third-order valence-corrected chi connectivity index (χ3v) is 12.0. The first-order chi connectivity index (χ1) is 24.8. The second-order valence-corrected chi connectivity index (χ2v) is 16.3. The smallest absolute Gasteiger partial charge is 0.269 e. The van der Waals surface area contributed by atoms with Crippen molar-refractivity contribution < 1.29 is 23.1 Å². The van der Waals surface area contributed by atoms with Gasteiger partial charge >= 0.3 is 0 Å². The van der Waals surface area contributed by atoms with E-state index in [0.29, 0.717) is 41.8 Å². The number of aromatic nitrogens is 3. The van der Waals surface area contributed by atoms with Crippen LogP contribution < -0.4 is 5.32 Å². The molecule has 5 aromatic rings. The Kier molecular flexibility index (Phi) is 9.26. The Morgan fingerprint density at radius 3 is 2.38 bits per heavy atom. The number of aliphatic hydroxyl groups is 1. The monoisotopic (exact) mass is 720 g/mol. The van der Waals surface area contributed by atoms with E-state index in [0.717, 1.165) is 59.2 Å². The van der Waals surface area contributed by atoms with Crippen LogP contribution in [0.25, 0.3) is 33.5 Å². The van der Waals surface area contributed by atoms with Crippen LogP contribution in [-0.2, 0) is 27.8 Å². The summed E-state index contributed by atoms with van der Waals surface area (Å²) >= 11 is 0. The van der Waals surface area contributed by atoms with Gasteiger partial charge in [-0.2, -0.15) is 0 Å². The van der Waals surface area contributed by atoms with E-state index < -0.39 is 15.6 Å². The zero-order valence-corrected chi connectivity index (χ0v) is 31.0. The number of fused-ring (bicyclic) bond motifs is 2. The number of aliphatic hydroxyl groups excluding tert-OH is 1. The molecule has 2 amide bonds. The van der Waals surface area contributed by atoms with Gasteiger partial charge in [-0.05, 0) is 98.2 Å². The van der Waals surface area contributed by atoms with E-state index in [1.165, 1.54) is 14.4 Å². The molecule has 1 saturated carbocycles. The van der Waals surface area contributed by atoms with Crippen LogP contribution in [0.5, 0.6) is 0 Å². The normalized spacial score (nSPS) is 15.3. The van der Waals surface area contributed by atoms with Crippen LogP contribution in [0.15, 0.2) is 71.9 Å². The fraction of sp³-hybridized carbons (Fsp3) is 0.350. The SMILES string of the molecule is Cc1ccc(S(=O)(=O)n2cc(-c3ccc(C(=O)N(C)C)c(C)c3)c3nc(-c4cc(C)c5c(c4)CN(CCC(=O)NC4(CO)CC4)CC5)cnc32)cc1. The molecule has 0 bridgehead atoms. The van der Waals surface area contributed by atoms with E-state index in [-0.39, 0.29) is 29.0 Å². The van der Waals surface area contributed by atoms with Gasteiger partial charge in [-0.15, -0.1) is 0 Å². The van der Waals surface area contributed by atoms with Crippen LogP contribution in [-0.4, -0.2) is 88.4 Å². The topological polar surface area (TPSA) is 138 Å². The molecule has 0 saturated heterocycles. The van der Waals surface area contributed by atoms with Gasteiger partial charge in [0.25, 0.3) is 15.9 Å². The van der Waals surface area contributed by atoms with Crippen LogP contribution in [0.3, 0.4) is 0 Å². The van der Waals surface area contributed by atoms with E-state index in [4.69, 9.17) is 9.97 Å². The van der Waals surface area contributed by atoms with Gasteiger partial charge in [0.2, 0.25) is 5.91 Å². The molecule has 7 rings (SSSR count). The summed E-state index contributed by atoms with van der Waals surface area (Å²) in [6.45, 7) is 7.99. The molecule has 0 atom stereocenters. The lowest BCUT2D eigenvalue weighted by molar-refractivity contribution is -0.122. The number of hydrogen-bond acceptors (Lipinski definition) is 8. The molecule has 3 aromatic carbocycles. The summed E-state index contributed by atoms with van der Waals surface area (Å²) in [6.07, 6.45) is 6.07. The second-order valence-electron chi connectivity index (χ2n) is 14.5. The van der Waals surface area contributed by atoms with Crippen molar-refractivity contribution in [3.05, 3.63) is 100 Å². The Morgan fingerprint density at radius 1 is 0.981 bits per heavy atom. The standard InChI is InChI=1S/C40H44N6O5S/c1-25-6-9-31(10-7-25)52(50,51)46-23-34(28-8-11-33(27(3)18-28)39(49)44(4)5)37-38(46)41-21-35(42-37)29-19-26(2)32-12-16-45(22-30(32)20-29)17-13-36(48)43-40(24-47)14-15-40/h6-11,18-21,23,47H,12-17,22,24H2,1-5H3,(H,43,48). The Bertz CT molecular complexity index is 2330. The van der Waals surface area contributed by atoms with Gasteiger partial charge in [0.05, 0.1) is 28.9 Å². The first-order valence-corrected chi connectivity index (χ1v) is 19.0. The van der Waals surface area contributed by atoms with Crippen molar-refractivity contribution in [1.82, 2.24) is 29.1 Å². The second kappa shape index (κ2) is 13.6. The number of carbonyl (C=O) groups excluding carboxylic acids is 2. The van der Waals surface area contributed by atoms with Gasteiger partial charge in [0.15, 0.2) is 5.65 Å². The number of hydrogen-bond donors (Lipinski definition) is 2. The van der Waals surface area contributed by atoms with Gasteiger partial charge < -0.3 is 15.3 Å². The van der Waals surface area contributed by atoms with Crippen LogP contribution in [0.2, 0.25) is 0 Å². The Hall–Kier alpha value is -4.91. The highest BCUT2D eigenvalue weighted by molar-refractivity contribution is 7.90. The molecule has 2 aromatic heterocycles. The lowest BCUT2D eigenvalue weighted by Crippen LogP contribution is -2.41. The summed E-state index contributed by atoms with van der Waals surface area (Å²) in [4.78, 5) is 39.2. The molecular weight excluding hydrogens is 677 g/mol. The van der Waals surface area contributed by atoms with Crippen molar-refractivity contribution in [2.75, 3.05) is 33.8 Å². The predicted molar refractivity (Wildman–Crippen MR) is 200 cm³/mol. The van der Waals surface area contributed by atoms with E-state index in [9.17, 15) is 23.1 Å². The van der Waals surface area contributed by atoms with Gasteiger partial charge in [0, 0.05) is 63.0 Å². The zero-order valence-electron chi connectivity index (χ0n) is 30.2. The average Bonchev–Trinajstić information content (AvgIpc) is 3.79. The van der Waals surface area contributed by atoms with Gasteiger partial charge in [0.1, 0.15) is 5.52 Å². The van der Waals surface area contributed by atoms with Crippen molar-refractivity contribution in [2.24, 2.45) is 0 Å². The van der Waals surface area contributed by atoms with E-state index in [1.807, 2.05) is 26.0 Å². The molecule has 270 valence electrons. The molecule has 0 unspecified atom stereocenters. The molecule has 1 aliphatic heterocycles. The Balaban J connectivity index is 1.26. The predicted octanol–water partition coefficient (Wildman–Crippen LogP) is 5.02. The molecule has 11 nitrogen and oxygen atoms in total. The highest BCUT2D eigenvalue weighted by Gasteiger charge is 2.43. The fourth-order valence-corrected chi connectivity index (χ4v) is 8.36. The molecule has 52 heavy (non-hydrogen) atoms. The third-order valence-electron chi connectivity index (χ3n) is 10.4. The summed E-state index contributed by atoms with van der Waals surface area (Å²) < 4.78 is 29.3. The van der Waals surface area contributed by atoms with E-state index >= 15 is 0 Å². The quantitative estimate of drug-likeness (QED) is 0.205. The number of nitrogens with one attached hydrogen (secondary N) is 1. The fourth-order valence-electron chi connectivity index (χ4n) is 7.04. The minimum atomic E-state index is -4.03. The Labute approximate surface area is 304 Å². The van der Waals surface area contributed by atoms with E-state index in [1.54, 1.807) is 56.8 Å². The summed E-state index contributed by atoms with van der Waals surface area (Å²) in [7, 11) is -0.614. The molecule has 0 spiro atoms. The van der Waals surface area contributed by atoms with Crippen molar-refractivity contribution in [3.8, 4) is 22.4 Å². The summed E-state index contributed by atoms with van der Waals surface area (Å²) in [5, 5.41) is 12.6. The first-order valence-electron chi connectivity index (χ1n) is 17.6. The number of benzene rings is 3. The third kappa shape index (κ3) is 6.73. The molecule has 2 aliphatic rings. The van der Waals surface area contributed by atoms with E-state index in [2.05, 4.69) is 29.3 Å². The lowest BCUT2D eigenvalue weighted by Gasteiger charge is -2.30. The molecule has 0 radical (unpaired) electrons. The number of carbonyl (C=O) groups is 2. The number of rotatable bonds is 10. The van der Waals surface area contributed by atoms with Crippen LogP contribution >= 0.6 is 0 Å². The maximum atomic E-state index is 14.1. The van der Waals surface area contributed by atoms with Crippen molar-refractivity contribution in [3.63, 3.8) is 0 Å². The largest absolute Gasteiger partial charge is 0.394 e. The average molecular weight is 721 g/mol. The maximum absolute atomic E-state index is 14.1. The van der Waals surface area contributed by atoms with Gasteiger partial charge in [-0.1, -0.05) is 29.8 Å². The van der Waals surface area contributed by atoms with Crippen molar-refractivity contribution in [2.45, 2.75) is 63.4 Å². The lowest BCUT2D eigenvalue weighted by atomic mass is 9.92. The van der Waals surface area contributed by atoms with Crippen LogP contribution in [0.4, 0.5) is 0 Å². The number of amides is 2. The molecule has 1 fully saturated rings.